The highest BCUT2D eigenvalue weighted by Gasteiger charge is 2.31. The van der Waals surface area contributed by atoms with Gasteiger partial charge < -0.3 is 10.2 Å². The molecule has 0 radical (unpaired) electrons. The molecule has 0 saturated heterocycles. The molecule has 0 atom stereocenters. The molecule has 0 unspecified atom stereocenters. The Labute approximate surface area is 147 Å². The van der Waals surface area contributed by atoms with Crippen LogP contribution in [0.15, 0.2) is 42.5 Å². The lowest BCUT2D eigenvalue weighted by molar-refractivity contribution is 0.104. The van der Waals surface area contributed by atoms with E-state index in [9.17, 15) is 4.79 Å². The van der Waals surface area contributed by atoms with Crippen LogP contribution in [-0.2, 0) is 0 Å². The molecule has 25 heavy (non-hydrogen) atoms. The fraction of sp³-hybridized carbons (Fsp3) is 0.238. The summed E-state index contributed by atoms with van der Waals surface area (Å²) >= 11 is 0. The molecule has 0 spiro atoms. The minimum absolute atomic E-state index is 0.0629. The van der Waals surface area contributed by atoms with E-state index in [0.29, 0.717) is 11.4 Å². The molecule has 0 bridgehead atoms. The van der Waals surface area contributed by atoms with E-state index in [1.54, 1.807) is 0 Å². The maximum atomic E-state index is 13.0. The number of likely N-dealkylation sites (N-methyl/N-ethyl adjacent to an activating group) is 1. The van der Waals surface area contributed by atoms with E-state index in [2.05, 4.69) is 35.3 Å². The highest BCUT2D eigenvalue weighted by atomic mass is 16.1. The van der Waals surface area contributed by atoms with E-state index < -0.39 is 0 Å². The van der Waals surface area contributed by atoms with E-state index in [0.717, 1.165) is 46.2 Å². The summed E-state index contributed by atoms with van der Waals surface area (Å²) in [7, 11) is 4.06. The Bertz CT molecular complexity index is 992. The van der Waals surface area contributed by atoms with Crippen LogP contribution in [0.25, 0.3) is 22.0 Å². The van der Waals surface area contributed by atoms with Gasteiger partial charge in [0.1, 0.15) is 5.82 Å². The first-order valence-electron chi connectivity index (χ1n) is 8.53. The number of carbonyl (C=O) groups is 1. The zero-order chi connectivity index (χ0) is 17.6. The van der Waals surface area contributed by atoms with Crippen LogP contribution in [0.1, 0.15) is 21.5 Å². The first kappa shape index (κ1) is 15.8. The molecule has 3 aromatic rings. The zero-order valence-electron chi connectivity index (χ0n) is 14.8. The average molecular weight is 331 g/mol. The number of rotatable bonds is 4. The summed E-state index contributed by atoms with van der Waals surface area (Å²) in [6.45, 7) is 3.68. The lowest BCUT2D eigenvalue weighted by Crippen LogP contribution is -2.22. The third-order valence-electron chi connectivity index (χ3n) is 4.66. The van der Waals surface area contributed by atoms with Gasteiger partial charge in [-0.25, -0.2) is 4.98 Å². The van der Waals surface area contributed by atoms with Crippen molar-refractivity contribution < 1.29 is 4.79 Å². The van der Waals surface area contributed by atoms with Gasteiger partial charge in [-0.15, -0.1) is 0 Å². The number of benzene rings is 2. The molecular weight excluding hydrogens is 310 g/mol. The number of hydrogen-bond donors (Lipinski definition) is 1. The number of aromatic nitrogens is 1. The Kier molecular flexibility index (Phi) is 3.77. The van der Waals surface area contributed by atoms with Crippen molar-refractivity contribution in [3.63, 3.8) is 0 Å². The van der Waals surface area contributed by atoms with Gasteiger partial charge in [0.2, 0.25) is 0 Å². The monoisotopic (exact) mass is 331 g/mol. The molecule has 1 N–H and O–H groups in total. The summed E-state index contributed by atoms with van der Waals surface area (Å²) in [6, 6.07) is 14.1. The maximum absolute atomic E-state index is 13.0. The maximum Gasteiger partial charge on any atom is 0.198 e. The fourth-order valence-electron chi connectivity index (χ4n) is 3.44. The van der Waals surface area contributed by atoms with Crippen molar-refractivity contribution >= 4 is 22.5 Å². The second-order valence-corrected chi connectivity index (χ2v) is 6.84. The second-order valence-electron chi connectivity index (χ2n) is 6.84. The van der Waals surface area contributed by atoms with Crippen molar-refractivity contribution in [1.82, 2.24) is 9.88 Å². The van der Waals surface area contributed by atoms with Gasteiger partial charge in [-0.05, 0) is 38.2 Å². The predicted molar refractivity (Wildman–Crippen MR) is 102 cm³/mol. The SMILES string of the molecule is Cc1ccc2c3c(c(NCCN(C)C)nc2c1)C(=O)c1ccccc1-3. The summed E-state index contributed by atoms with van der Waals surface area (Å²) in [6.07, 6.45) is 0. The number of fused-ring (bicyclic) bond motifs is 5. The van der Waals surface area contributed by atoms with Gasteiger partial charge in [-0.2, -0.15) is 0 Å². The van der Waals surface area contributed by atoms with E-state index >= 15 is 0 Å². The van der Waals surface area contributed by atoms with Gasteiger partial charge in [0.15, 0.2) is 5.78 Å². The second kappa shape index (κ2) is 5.97. The Morgan fingerprint density at radius 1 is 1.04 bits per heavy atom. The van der Waals surface area contributed by atoms with Crippen LogP contribution >= 0.6 is 0 Å². The van der Waals surface area contributed by atoms with Gasteiger partial charge in [0.25, 0.3) is 0 Å². The first-order chi connectivity index (χ1) is 12.1. The van der Waals surface area contributed by atoms with E-state index in [-0.39, 0.29) is 5.78 Å². The van der Waals surface area contributed by atoms with Gasteiger partial charge in [0.05, 0.1) is 11.1 Å². The molecule has 1 aliphatic rings. The quantitative estimate of drug-likeness (QED) is 0.619. The van der Waals surface area contributed by atoms with Crippen LogP contribution in [0, 0.1) is 6.92 Å². The molecule has 4 rings (SSSR count). The number of ketones is 1. The summed E-state index contributed by atoms with van der Waals surface area (Å²) in [5, 5.41) is 4.42. The van der Waals surface area contributed by atoms with E-state index in [1.807, 2.05) is 38.4 Å². The molecule has 0 fully saturated rings. The molecular formula is C21H21N3O. The standard InChI is InChI=1S/C21H21N3O/c1-13-8-9-16-17(12-13)23-21(22-10-11-24(2)3)19-18(16)14-6-4-5-7-15(14)20(19)25/h4-9,12H,10-11H2,1-3H3,(H,22,23). The van der Waals surface area contributed by atoms with Crippen LogP contribution in [0.2, 0.25) is 0 Å². The number of nitrogens with zero attached hydrogens (tertiary/aromatic N) is 2. The van der Waals surface area contributed by atoms with Crippen molar-refractivity contribution in [2.75, 3.05) is 32.5 Å². The summed E-state index contributed by atoms with van der Waals surface area (Å²) in [4.78, 5) is 19.9. The van der Waals surface area contributed by atoms with Gasteiger partial charge in [-0.1, -0.05) is 36.4 Å². The minimum atomic E-state index is 0.0629. The minimum Gasteiger partial charge on any atom is -0.368 e. The molecule has 1 aromatic heterocycles. The predicted octanol–water partition coefficient (Wildman–Crippen LogP) is 3.73. The fourth-order valence-corrected chi connectivity index (χ4v) is 3.44. The van der Waals surface area contributed by atoms with Gasteiger partial charge in [-0.3, -0.25) is 4.79 Å². The molecule has 4 nitrogen and oxygen atoms in total. The number of nitrogens with one attached hydrogen (secondary N) is 1. The van der Waals surface area contributed by atoms with Crippen LogP contribution in [0.3, 0.4) is 0 Å². The smallest absolute Gasteiger partial charge is 0.198 e. The number of hydrogen-bond acceptors (Lipinski definition) is 4. The van der Waals surface area contributed by atoms with Crippen LogP contribution in [0.4, 0.5) is 5.82 Å². The summed E-state index contributed by atoms with van der Waals surface area (Å²) < 4.78 is 0. The Balaban J connectivity index is 1.94. The molecule has 1 aliphatic carbocycles. The molecule has 4 heteroatoms. The van der Waals surface area contributed by atoms with E-state index in [4.69, 9.17) is 4.98 Å². The molecule has 1 heterocycles. The van der Waals surface area contributed by atoms with Crippen molar-refractivity contribution in [3.8, 4) is 11.1 Å². The lowest BCUT2D eigenvalue weighted by Gasteiger charge is -2.15. The molecule has 0 aliphatic heterocycles. The Morgan fingerprint density at radius 3 is 2.56 bits per heavy atom. The Morgan fingerprint density at radius 2 is 1.80 bits per heavy atom. The molecule has 0 amide bonds. The number of anilines is 1. The van der Waals surface area contributed by atoms with Crippen LogP contribution in [-0.4, -0.2) is 42.9 Å². The normalized spacial score (nSPS) is 12.6. The number of carbonyl (C=O) groups excluding carboxylic acids is 1. The molecule has 2 aromatic carbocycles. The summed E-state index contributed by atoms with van der Waals surface area (Å²) in [5.41, 5.74) is 5.58. The molecule has 126 valence electrons. The van der Waals surface area contributed by atoms with Crippen molar-refractivity contribution in [3.05, 3.63) is 59.2 Å². The average Bonchev–Trinajstić information content (AvgIpc) is 2.88. The largest absolute Gasteiger partial charge is 0.368 e. The lowest BCUT2D eigenvalue weighted by atomic mass is 10.00. The van der Waals surface area contributed by atoms with Crippen molar-refractivity contribution in [2.24, 2.45) is 0 Å². The highest BCUT2D eigenvalue weighted by Crippen LogP contribution is 2.43. The van der Waals surface area contributed by atoms with Gasteiger partial charge in [0, 0.05) is 29.6 Å². The van der Waals surface area contributed by atoms with Crippen molar-refractivity contribution in [1.29, 1.82) is 0 Å². The van der Waals surface area contributed by atoms with Crippen molar-refractivity contribution in [2.45, 2.75) is 6.92 Å². The van der Waals surface area contributed by atoms with Gasteiger partial charge >= 0.3 is 0 Å². The number of aryl methyl sites for hydroxylation is 1. The third kappa shape index (κ3) is 2.59. The number of pyridine rings is 1. The van der Waals surface area contributed by atoms with Crippen LogP contribution in [0.5, 0.6) is 0 Å². The third-order valence-corrected chi connectivity index (χ3v) is 4.66. The topological polar surface area (TPSA) is 45.2 Å². The summed E-state index contributed by atoms with van der Waals surface area (Å²) in [5.74, 6) is 0.754. The Hall–Kier alpha value is -2.72. The molecule has 0 saturated carbocycles. The van der Waals surface area contributed by atoms with Crippen LogP contribution < -0.4 is 5.32 Å². The van der Waals surface area contributed by atoms with E-state index in [1.165, 1.54) is 0 Å². The first-order valence-corrected chi connectivity index (χ1v) is 8.53. The zero-order valence-corrected chi connectivity index (χ0v) is 14.8. The highest BCUT2D eigenvalue weighted by molar-refractivity contribution is 6.27.